The normalized spacial score (nSPS) is 21.0. The van der Waals surface area contributed by atoms with Crippen LogP contribution in [0.3, 0.4) is 0 Å². The quantitative estimate of drug-likeness (QED) is 0.519. The van der Waals surface area contributed by atoms with E-state index in [0.29, 0.717) is 6.54 Å². The maximum atomic E-state index is 11.7. The molecule has 16 heavy (non-hydrogen) atoms. The highest BCUT2D eigenvalue weighted by atomic mass is 16.6. The minimum Gasteiger partial charge on any atom is -0.453 e. The number of hydrogen-bond acceptors (Lipinski definition) is 4. The Labute approximate surface area is 95.4 Å². The Morgan fingerprint density at radius 3 is 2.56 bits per heavy atom. The van der Waals surface area contributed by atoms with Gasteiger partial charge in [-0.1, -0.05) is 0 Å². The number of rotatable bonds is 1. The zero-order valence-corrected chi connectivity index (χ0v) is 10.0. The molecule has 0 radical (unpaired) electrons. The molecule has 5 heteroatoms. The minimum absolute atomic E-state index is 0.103. The first-order valence-corrected chi connectivity index (χ1v) is 5.50. The third kappa shape index (κ3) is 3.20. The monoisotopic (exact) mass is 229 g/mol. The molecule has 0 spiro atoms. The summed E-state index contributed by atoms with van der Waals surface area (Å²) in [6.07, 6.45) is 1.56. The fourth-order valence-corrected chi connectivity index (χ4v) is 1.73. The van der Waals surface area contributed by atoms with Crippen LogP contribution in [0.25, 0.3) is 0 Å². The Kier molecular flexibility index (Phi) is 3.91. The van der Waals surface area contributed by atoms with Gasteiger partial charge in [0.1, 0.15) is 5.60 Å². The lowest BCUT2D eigenvalue weighted by Crippen LogP contribution is -2.44. The van der Waals surface area contributed by atoms with Crippen molar-refractivity contribution in [3.05, 3.63) is 0 Å². The number of carbonyl (C=O) groups is 2. The van der Waals surface area contributed by atoms with Crippen molar-refractivity contribution >= 4 is 11.9 Å². The van der Waals surface area contributed by atoms with Crippen molar-refractivity contribution in [2.75, 3.05) is 13.2 Å². The zero-order chi connectivity index (χ0) is 12.3. The topological polar surface area (TPSA) is 66.8 Å². The van der Waals surface area contributed by atoms with Crippen LogP contribution in [-0.2, 0) is 14.3 Å². The van der Waals surface area contributed by atoms with Crippen molar-refractivity contribution in [1.29, 1.82) is 0 Å². The Hall–Kier alpha value is -1.10. The number of aliphatic hydroxyl groups excluding tert-OH is 1. The van der Waals surface area contributed by atoms with Crippen molar-refractivity contribution in [3.8, 4) is 0 Å². The van der Waals surface area contributed by atoms with E-state index in [2.05, 4.69) is 0 Å². The lowest BCUT2D eigenvalue weighted by Gasteiger charge is -2.24. The molecule has 0 aliphatic carbocycles. The van der Waals surface area contributed by atoms with Gasteiger partial charge < -0.3 is 14.7 Å². The third-order valence-corrected chi connectivity index (χ3v) is 2.42. The molecule has 0 unspecified atom stereocenters. The van der Waals surface area contributed by atoms with Gasteiger partial charge >= 0.3 is 11.9 Å². The van der Waals surface area contributed by atoms with Crippen molar-refractivity contribution in [3.63, 3.8) is 0 Å². The number of ether oxygens (including phenoxy) is 1. The molecule has 1 saturated heterocycles. The molecule has 5 nitrogen and oxygen atoms in total. The third-order valence-electron chi connectivity index (χ3n) is 2.42. The second-order valence-corrected chi connectivity index (χ2v) is 4.98. The molecule has 0 aromatic carbocycles. The molecule has 1 N–H and O–H groups in total. The lowest BCUT2D eigenvalue weighted by atomic mass is 10.2. The van der Waals surface area contributed by atoms with E-state index in [9.17, 15) is 9.59 Å². The summed E-state index contributed by atoms with van der Waals surface area (Å²) in [6, 6.07) is -0.236. The van der Waals surface area contributed by atoms with Crippen LogP contribution in [0.15, 0.2) is 0 Å². The van der Waals surface area contributed by atoms with E-state index in [0.717, 1.165) is 12.8 Å². The summed E-state index contributed by atoms with van der Waals surface area (Å²) in [5, 5.41) is 9.05. The van der Waals surface area contributed by atoms with E-state index in [-0.39, 0.29) is 12.6 Å². The molecule has 1 amide bonds. The number of aliphatic hydroxyl groups is 1. The van der Waals surface area contributed by atoms with Crippen LogP contribution in [0.2, 0.25) is 0 Å². The lowest BCUT2D eigenvalue weighted by molar-refractivity contribution is -0.168. The molecule has 0 bridgehead atoms. The van der Waals surface area contributed by atoms with E-state index in [1.807, 2.05) is 0 Å². The molecule has 1 atom stereocenters. The van der Waals surface area contributed by atoms with Crippen LogP contribution >= 0.6 is 0 Å². The molecule has 1 aliphatic rings. The van der Waals surface area contributed by atoms with Gasteiger partial charge in [0.2, 0.25) is 0 Å². The molecule has 1 rings (SSSR count). The molecular weight excluding hydrogens is 210 g/mol. The van der Waals surface area contributed by atoms with Crippen LogP contribution in [-0.4, -0.2) is 46.7 Å². The maximum Gasteiger partial charge on any atom is 0.397 e. The van der Waals surface area contributed by atoms with Crippen molar-refractivity contribution in [1.82, 2.24) is 4.90 Å². The maximum absolute atomic E-state index is 11.7. The van der Waals surface area contributed by atoms with E-state index in [1.54, 1.807) is 20.8 Å². The summed E-state index contributed by atoms with van der Waals surface area (Å²) < 4.78 is 4.99. The summed E-state index contributed by atoms with van der Waals surface area (Å²) in [6.45, 7) is 5.56. The Morgan fingerprint density at radius 1 is 1.44 bits per heavy atom. The molecule has 1 fully saturated rings. The fraction of sp³-hybridized carbons (Fsp3) is 0.818. The second kappa shape index (κ2) is 4.82. The number of hydrogen-bond donors (Lipinski definition) is 1. The average Bonchev–Trinajstić information content (AvgIpc) is 2.61. The first-order chi connectivity index (χ1) is 7.35. The molecule has 0 aromatic heterocycles. The van der Waals surface area contributed by atoms with Crippen molar-refractivity contribution in [2.45, 2.75) is 45.3 Å². The number of nitrogens with zero attached hydrogens (tertiary/aromatic N) is 1. The van der Waals surface area contributed by atoms with Crippen molar-refractivity contribution in [2.24, 2.45) is 0 Å². The van der Waals surface area contributed by atoms with Crippen molar-refractivity contribution < 1.29 is 19.4 Å². The standard InChI is InChI=1S/C11H19NO4/c1-11(2,3)16-10(15)9(14)12-6-4-5-8(12)7-13/h8,13H,4-7H2,1-3H3/t8-/m0/s1. The summed E-state index contributed by atoms with van der Waals surface area (Å²) >= 11 is 0. The predicted octanol–water partition coefficient (Wildman–Crippen LogP) is 0.311. The summed E-state index contributed by atoms with van der Waals surface area (Å²) in [7, 11) is 0. The molecule has 1 heterocycles. The first-order valence-electron chi connectivity index (χ1n) is 5.50. The molecule has 1 aliphatic heterocycles. The van der Waals surface area contributed by atoms with Gasteiger partial charge in [-0.05, 0) is 33.6 Å². The minimum atomic E-state index is -0.840. The number of carbonyl (C=O) groups excluding carboxylic acids is 2. The van der Waals surface area contributed by atoms with Gasteiger partial charge in [0, 0.05) is 6.54 Å². The predicted molar refractivity (Wildman–Crippen MR) is 57.7 cm³/mol. The Morgan fingerprint density at radius 2 is 2.06 bits per heavy atom. The Bertz CT molecular complexity index is 282. The van der Waals surface area contributed by atoms with Gasteiger partial charge in [-0.25, -0.2) is 4.79 Å². The fourth-order valence-electron chi connectivity index (χ4n) is 1.73. The highest BCUT2D eigenvalue weighted by molar-refractivity contribution is 6.32. The van der Waals surface area contributed by atoms with Crippen LogP contribution < -0.4 is 0 Å². The molecule has 0 aromatic rings. The summed E-state index contributed by atoms with van der Waals surface area (Å²) in [5.41, 5.74) is -0.665. The SMILES string of the molecule is CC(C)(C)OC(=O)C(=O)N1CCC[C@H]1CO. The molecular formula is C11H19NO4. The van der Waals surface area contributed by atoms with E-state index < -0.39 is 17.5 Å². The number of esters is 1. The van der Waals surface area contributed by atoms with E-state index >= 15 is 0 Å². The smallest absolute Gasteiger partial charge is 0.397 e. The zero-order valence-electron chi connectivity index (χ0n) is 10.0. The van der Waals surface area contributed by atoms with Crippen LogP contribution in [0.5, 0.6) is 0 Å². The molecule has 0 saturated carbocycles. The van der Waals surface area contributed by atoms with E-state index in [4.69, 9.17) is 9.84 Å². The Balaban J connectivity index is 2.60. The van der Waals surface area contributed by atoms with Gasteiger partial charge in [0.15, 0.2) is 0 Å². The largest absolute Gasteiger partial charge is 0.453 e. The van der Waals surface area contributed by atoms with Gasteiger partial charge in [0.25, 0.3) is 0 Å². The van der Waals surface area contributed by atoms with Gasteiger partial charge in [-0.3, -0.25) is 4.79 Å². The van der Waals surface area contributed by atoms with Gasteiger partial charge in [-0.2, -0.15) is 0 Å². The number of likely N-dealkylation sites (tertiary alicyclic amines) is 1. The van der Waals surface area contributed by atoms with Crippen LogP contribution in [0, 0.1) is 0 Å². The van der Waals surface area contributed by atoms with Crippen LogP contribution in [0.4, 0.5) is 0 Å². The highest BCUT2D eigenvalue weighted by Gasteiger charge is 2.34. The first kappa shape index (κ1) is 13.0. The highest BCUT2D eigenvalue weighted by Crippen LogP contribution is 2.18. The average molecular weight is 229 g/mol. The van der Waals surface area contributed by atoms with Crippen LogP contribution in [0.1, 0.15) is 33.6 Å². The number of amides is 1. The second-order valence-electron chi connectivity index (χ2n) is 4.98. The molecule has 92 valence electrons. The van der Waals surface area contributed by atoms with Gasteiger partial charge in [-0.15, -0.1) is 0 Å². The summed E-state index contributed by atoms with van der Waals surface area (Å²) in [4.78, 5) is 24.6. The van der Waals surface area contributed by atoms with E-state index in [1.165, 1.54) is 4.90 Å². The summed E-state index contributed by atoms with van der Waals surface area (Å²) in [5.74, 6) is -1.49. The van der Waals surface area contributed by atoms with Gasteiger partial charge in [0.05, 0.1) is 12.6 Å².